The van der Waals surface area contributed by atoms with Gasteiger partial charge in [-0.15, -0.1) is 0 Å². The fraction of sp³-hybridized carbons (Fsp3) is 0.120. The van der Waals surface area contributed by atoms with Gasteiger partial charge < -0.3 is 9.47 Å². The van der Waals surface area contributed by atoms with Crippen LogP contribution in [-0.4, -0.2) is 17.8 Å². The lowest BCUT2D eigenvalue weighted by Gasteiger charge is -2.15. The van der Waals surface area contributed by atoms with E-state index in [4.69, 9.17) is 21.1 Å². The standard InChI is InChI=1S/C25H19ClINO4S/c1-2-31-21-13-17(12-20(26)23(21)32-15-16-8-10-18(27)11-9-16)14-22-24(29)28(25(30)33-22)19-6-4-3-5-7-19/h3-14H,2,15H2,1H3/b22-14-. The predicted molar refractivity (Wildman–Crippen MR) is 141 cm³/mol. The van der Waals surface area contributed by atoms with E-state index in [1.807, 2.05) is 37.3 Å². The zero-order valence-electron chi connectivity index (χ0n) is 17.6. The van der Waals surface area contributed by atoms with Crippen molar-refractivity contribution < 1.29 is 19.1 Å². The van der Waals surface area contributed by atoms with Crippen molar-refractivity contribution in [1.29, 1.82) is 0 Å². The number of hydrogen-bond donors (Lipinski definition) is 0. The van der Waals surface area contributed by atoms with E-state index in [0.29, 0.717) is 45.9 Å². The smallest absolute Gasteiger partial charge is 0.298 e. The minimum Gasteiger partial charge on any atom is -0.490 e. The molecule has 0 aromatic heterocycles. The Morgan fingerprint density at radius 2 is 1.76 bits per heavy atom. The van der Waals surface area contributed by atoms with Crippen molar-refractivity contribution in [2.75, 3.05) is 11.5 Å². The van der Waals surface area contributed by atoms with Crippen LogP contribution < -0.4 is 14.4 Å². The summed E-state index contributed by atoms with van der Waals surface area (Å²) >= 11 is 9.68. The number of nitrogens with zero attached hydrogens (tertiary/aromatic N) is 1. The number of carbonyl (C=O) groups is 2. The van der Waals surface area contributed by atoms with Crippen molar-refractivity contribution >= 4 is 68.9 Å². The zero-order valence-corrected chi connectivity index (χ0v) is 21.3. The lowest BCUT2D eigenvalue weighted by molar-refractivity contribution is -0.113. The summed E-state index contributed by atoms with van der Waals surface area (Å²) < 4.78 is 12.9. The highest BCUT2D eigenvalue weighted by Crippen LogP contribution is 2.40. The van der Waals surface area contributed by atoms with Crippen LogP contribution in [0.1, 0.15) is 18.1 Å². The van der Waals surface area contributed by atoms with E-state index >= 15 is 0 Å². The van der Waals surface area contributed by atoms with Crippen molar-refractivity contribution in [3.05, 3.63) is 91.4 Å². The Hall–Kier alpha value is -2.49. The van der Waals surface area contributed by atoms with Crippen LogP contribution in [0.15, 0.2) is 71.6 Å². The molecule has 5 nitrogen and oxygen atoms in total. The maximum Gasteiger partial charge on any atom is 0.298 e. The third-order valence-corrected chi connectivity index (χ3v) is 6.60. The van der Waals surface area contributed by atoms with Gasteiger partial charge in [-0.2, -0.15) is 0 Å². The van der Waals surface area contributed by atoms with E-state index in [9.17, 15) is 9.59 Å². The second-order valence-corrected chi connectivity index (χ2v) is 9.68. The van der Waals surface area contributed by atoms with E-state index in [-0.39, 0.29) is 11.1 Å². The summed E-state index contributed by atoms with van der Waals surface area (Å²) in [7, 11) is 0. The molecule has 33 heavy (non-hydrogen) atoms. The number of benzene rings is 3. The van der Waals surface area contributed by atoms with Crippen LogP contribution in [0, 0.1) is 3.57 Å². The van der Waals surface area contributed by atoms with Crippen molar-refractivity contribution in [1.82, 2.24) is 0 Å². The van der Waals surface area contributed by atoms with Crippen molar-refractivity contribution in [2.45, 2.75) is 13.5 Å². The first-order valence-corrected chi connectivity index (χ1v) is 12.4. The van der Waals surface area contributed by atoms with Gasteiger partial charge in [-0.05, 0) is 94.9 Å². The molecule has 0 saturated carbocycles. The molecular weight excluding hydrogens is 573 g/mol. The van der Waals surface area contributed by atoms with Gasteiger partial charge in [-0.1, -0.05) is 41.9 Å². The molecule has 0 aliphatic carbocycles. The van der Waals surface area contributed by atoms with Crippen molar-refractivity contribution in [2.24, 2.45) is 0 Å². The molecule has 168 valence electrons. The molecule has 1 aliphatic rings. The number of carbonyl (C=O) groups excluding carboxylic acids is 2. The summed E-state index contributed by atoms with van der Waals surface area (Å²) in [6.07, 6.45) is 1.64. The molecule has 0 spiro atoms. The quantitative estimate of drug-likeness (QED) is 0.216. The van der Waals surface area contributed by atoms with Gasteiger partial charge in [0.2, 0.25) is 0 Å². The molecule has 2 amide bonds. The second kappa shape index (κ2) is 10.6. The largest absolute Gasteiger partial charge is 0.490 e. The average Bonchev–Trinajstić information content (AvgIpc) is 3.08. The number of anilines is 1. The molecule has 0 radical (unpaired) electrons. The Bertz CT molecular complexity index is 1220. The summed E-state index contributed by atoms with van der Waals surface area (Å²) in [6.45, 7) is 2.63. The molecule has 0 atom stereocenters. The molecule has 1 heterocycles. The fourth-order valence-corrected chi connectivity index (χ4v) is 4.70. The summed E-state index contributed by atoms with van der Waals surface area (Å²) in [6, 6.07) is 20.3. The lowest BCUT2D eigenvalue weighted by Crippen LogP contribution is -2.27. The molecule has 1 fully saturated rings. The Morgan fingerprint density at radius 3 is 2.45 bits per heavy atom. The van der Waals surface area contributed by atoms with Crippen LogP contribution >= 0.6 is 46.0 Å². The SMILES string of the molecule is CCOc1cc(/C=C2\SC(=O)N(c3ccccc3)C2=O)cc(Cl)c1OCc1ccc(I)cc1. The molecule has 0 bridgehead atoms. The van der Waals surface area contributed by atoms with Crippen LogP contribution in [0.25, 0.3) is 6.08 Å². The molecule has 1 saturated heterocycles. The molecule has 0 N–H and O–H groups in total. The molecule has 8 heteroatoms. The normalized spacial score (nSPS) is 14.8. The van der Waals surface area contributed by atoms with Gasteiger partial charge in [0.05, 0.1) is 22.2 Å². The van der Waals surface area contributed by atoms with E-state index in [1.54, 1.807) is 42.5 Å². The first-order valence-electron chi connectivity index (χ1n) is 10.1. The fourth-order valence-electron chi connectivity index (χ4n) is 3.23. The van der Waals surface area contributed by atoms with E-state index in [0.717, 1.165) is 20.9 Å². The van der Waals surface area contributed by atoms with Gasteiger partial charge in [0.15, 0.2) is 11.5 Å². The van der Waals surface area contributed by atoms with Crippen LogP contribution in [-0.2, 0) is 11.4 Å². The highest BCUT2D eigenvalue weighted by Gasteiger charge is 2.36. The van der Waals surface area contributed by atoms with Gasteiger partial charge in [0.25, 0.3) is 11.1 Å². The summed E-state index contributed by atoms with van der Waals surface area (Å²) in [4.78, 5) is 26.8. The third-order valence-electron chi connectivity index (χ3n) is 4.73. The zero-order chi connectivity index (χ0) is 23.4. The number of halogens is 2. The van der Waals surface area contributed by atoms with Gasteiger partial charge in [-0.3, -0.25) is 9.59 Å². The average molecular weight is 592 g/mol. The number of thioether (sulfide) groups is 1. The number of hydrogen-bond acceptors (Lipinski definition) is 5. The molecular formula is C25H19ClINO4S. The second-order valence-electron chi connectivity index (χ2n) is 7.03. The van der Waals surface area contributed by atoms with Gasteiger partial charge in [0.1, 0.15) is 6.61 Å². The third kappa shape index (κ3) is 5.54. The van der Waals surface area contributed by atoms with Crippen LogP contribution in [0.2, 0.25) is 5.02 Å². The Kier molecular flexibility index (Phi) is 7.62. The van der Waals surface area contributed by atoms with Gasteiger partial charge in [-0.25, -0.2) is 4.90 Å². The summed E-state index contributed by atoms with van der Waals surface area (Å²) in [5.41, 5.74) is 2.19. The highest BCUT2D eigenvalue weighted by molar-refractivity contribution is 14.1. The van der Waals surface area contributed by atoms with E-state index in [1.165, 1.54) is 4.90 Å². The lowest BCUT2D eigenvalue weighted by atomic mass is 10.1. The van der Waals surface area contributed by atoms with Gasteiger partial charge in [0, 0.05) is 3.57 Å². The maximum absolute atomic E-state index is 12.9. The molecule has 3 aromatic carbocycles. The van der Waals surface area contributed by atoms with Gasteiger partial charge >= 0.3 is 0 Å². The Morgan fingerprint density at radius 1 is 1.03 bits per heavy atom. The van der Waals surface area contributed by atoms with Crippen molar-refractivity contribution in [3.63, 3.8) is 0 Å². The first kappa shape index (κ1) is 23.7. The van der Waals surface area contributed by atoms with Crippen LogP contribution in [0.4, 0.5) is 10.5 Å². The maximum atomic E-state index is 12.9. The minimum atomic E-state index is -0.371. The molecule has 4 rings (SSSR count). The molecule has 0 unspecified atom stereocenters. The topological polar surface area (TPSA) is 55.8 Å². The number of amides is 2. The molecule has 1 aliphatic heterocycles. The van der Waals surface area contributed by atoms with Crippen LogP contribution in [0.5, 0.6) is 11.5 Å². The first-order chi connectivity index (χ1) is 16.0. The number of imide groups is 1. The Balaban J connectivity index is 1.59. The van der Waals surface area contributed by atoms with Crippen LogP contribution in [0.3, 0.4) is 0 Å². The number of para-hydroxylation sites is 1. The summed E-state index contributed by atoms with van der Waals surface area (Å²) in [5, 5.41) is 0.0195. The number of ether oxygens (including phenoxy) is 2. The monoisotopic (exact) mass is 591 g/mol. The number of rotatable bonds is 7. The Labute approximate surface area is 214 Å². The highest BCUT2D eigenvalue weighted by atomic mass is 127. The van der Waals surface area contributed by atoms with E-state index < -0.39 is 0 Å². The predicted octanol–water partition coefficient (Wildman–Crippen LogP) is 7.16. The van der Waals surface area contributed by atoms with Crippen molar-refractivity contribution in [3.8, 4) is 11.5 Å². The summed E-state index contributed by atoms with van der Waals surface area (Å²) in [5.74, 6) is 0.542. The van der Waals surface area contributed by atoms with E-state index in [2.05, 4.69) is 22.6 Å². The minimum absolute atomic E-state index is 0.315. The molecule has 3 aromatic rings.